The fourth-order valence-electron chi connectivity index (χ4n) is 4.79. The highest BCUT2D eigenvalue weighted by atomic mass is 35.5. The fraction of sp³-hybridized carbons (Fsp3) is 0.381. The first-order valence-electron chi connectivity index (χ1n) is 9.79. The van der Waals surface area contributed by atoms with Crippen molar-refractivity contribution in [1.29, 1.82) is 0 Å². The molecule has 1 heterocycles. The summed E-state index contributed by atoms with van der Waals surface area (Å²) < 4.78 is 31.1. The first-order valence-corrected chi connectivity index (χ1v) is 12.5. The van der Waals surface area contributed by atoms with Crippen molar-refractivity contribution in [2.24, 2.45) is 11.8 Å². The van der Waals surface area contributed by atoms with Gasteiger partial charge in [-0.2, -0.15) is 0 Å². The Morgan fingerprint density at radius 1 is 1.10 bits per heavy atom. The third kappa shape index (κ3) is 3.65. The standard InChI is InChI=1S/C21H21ClN2O3S2/c22-16-5-2-13(3-6-16)12-24-19-8-7-17(11-20(19)28-21(24)25)29(26,27)23-18-10-14-1-4-15(18)9-14/h2-3,5-8,11,14-15,18,23H,1,4,9-10,12H2/t14-,15-,18-/m1/s1. The van der Waals surface area contributed by atoms with E-state index in [-0.39, 0.29) is 15.8 Å². The van der Waals surface area contributed by atoms with E-state index in [1.54, 1.807) is 34.9 Å². The zero-order valence-corrected chi connectivity index (χ0v) is 18.1. The second kappa shape index (κ2) is 7.23. The molecule has 0 aliphatic heterocycles. The summed E-state index contributed by atoms with van der Waals surface area (Å²) in [5, 5.41) is 0.647. The number of rotatable bonds is 5. The van der Waals surface area contributed by atoms with E-state index in [9.17, 15) is 13.2 Å². The summed E-state index contributed by atoms with van der Waals surface area (Å²) in [6, 6.07) is 12.4. The monoisotopic (exact) mass is 448 g/mol. The number of hydrogen-bond donors (Lipinski definition) is 1. The molecule has 5 nitrogen and oxygen atoms in total. The number of halogens is 1. The lowest BCUT2D eigenvalue weighted by molar-refractivity contribution is 0.390. The SMILES string of the molecule is O=c1sc2cc(S(=O)(=O)N[C@@H]3C[C@@H]4CC[C@@H]3C4)ccc2n1Cc1ccc(Cl)cc1. The molecule has 2 bridgehead atoms. The van der Waals surface area contributed by atoms with E-state index in [1.807, 2.05) is 12.1 Å². The smallest absolute Gasteiger partial charge is 0.294 e. The van der Waals surface area contributed by atoms with Crippen LogP contribution < -0.4 is 9.60 Å². The molecular formula is C21H21ClN2O3S2. The van der Waals surface area contributed by atoms with E-state index in [4.69, 9.17) is 11.6 Å². The van der Waals surface area contributed by atoms with Gasteiger partial charge in [-0.25, -0.2) is 13.1 Å². The van der Waals surface area contributed by atoms with Crippen molar-refractivity contribution < 1.29 is 8.42 Å². The van der Waals surface area contributed by atoms with Crippen LogP contribution in [0.15, 0.2) is 52.2 Å². The number of hydrogen-bond acceptors (Lipinski definition) is 4. The van der Waals surface area contributed by atoms with Gasteiger partial charge in [0.25, 0.3) is 0 Å². The molecule has 2 saturated carbocycles. The number of thiazole rings is 1. The molecule has 5 rings (SSSR count). The Bertz CT molecular complexity index is 1230. The van der Waals surface area contributed by atoms with Crippen LogP contribution >= 0.6 is 22.9 Å². The third-order valence-electron chi connectivity index (χ3n) is 6.25. The number of fused-ring (bicyclic) bond motifs is 3. The highest BCUT2D eigenvalue weighted by molar-refractivity contribution is 7.89. The number of benzene rings is 2. The second-order valence-electron chi connectivity index (χ2n) is 8.11. The molecule has 0 radical (unpaired) electrons. The zero-order valence-electron chi connectivity index (χ0n) is 15.7. The Labute approximate surface area is 178 Å². The summed E-state index contributed by atoms with van der Waals surface area (Å²) in [6.07, 6.45) is 4.42. The molecule has 1 N–H and O–H groups in total. The van der Waals surface area contributed by atoms with Crippen molar-refractivity contribution >= 4 is 43.2 Å². The number of nitrogens with one attached hydrogen (secondary N) is 1. The minimum absolute atomic E-state index is 0.0442. The van der Waals surface area contributed by atoms with Gasteiger partial charge < -0.3 is 0 Å². The van der Waals surface area contributed by atoms with Gasteiger partial charge in [-0.15, -0.1) is 0 Å². The van der Waals surface area contributed by atoms with Crippen LogP contribution in [-0.4, -0.2) is 19.0 Å². The Kier molecular flexibility index (Phi) is 4.81. The van der Waals surface area contributed by atoms with Crippen LogP contribution in [0.5, 0.6) is 0 Å². The molecule has 3 aromatic rings. The second-order valence-corrected chi connectivity index (χ2v) is 11.3. The van der Waals surface area contributed by atoms with Crippen molar-refractivity contribution in [2.75, 3.05) is 0 Å². The lowest BCUT2D eigenvalue weighted by Crippen LogP contribution is -2.38. The van der Waals surface area contributed by atoms with Crippen molar-refractivity contribution in [3.05, 3.63) is 62.7 Å². The lowest BCUT2D eigenvalue weighted by atomic mass is 9.96. The van der Waals surface area contributed by atoms with E-state index >= 15 is 0 Å². The van der Waals surface area contributed by atoms with Gasteiger partial charge in [0.2, 0.25) is 10.0 Å². The van der Waals surface area contributed by atoms with E-state index in [0.29, 0.717) is 28.1 Å². The van der Waals surface area contributed by atoms with Crippen LogP contribution in [-0.2, 0) is 16.6 Å². The van der Waals surface area contributed by atoms with Crippen molar-refractivity contribution in [3.63, 3.8) is 0 Å². The van der Waals surface area contributed by atoms with Gasteiger partial charge in [-0.05, 0) is 67.0 Å². The predicted octanol–water partition coefficient (Wildman–Crippen LogP) is 4.23. The Morgan fingerprint density at radius 2 is 1.90 bits per heavy atom. The minimum atomic E-state index is -3.59. The van der Waals surface area contributed by atoms with E-state index in [1.165, 1.54) is 6.42 Å². The van der Waals surface area contributed by atoms with E-state index in [2.05, 4.69) is 4.72 Å². The van der Waals surface area contributed by atoms with E-state index < -0.39 is 10.0 Å². The lowest BCUT2D eigenvalue weighted by Gasteiger charge is -2.22. The summed E-state index contributed by atoms with van der Waals surface area (Å²) in [5.41, 5.74) is 1.71. The first-order chi connectivity index (χ1) is 13.9. The number of aromatic nitrogens is 1. The first kappa shape index (κ1) is 19.3. The average molecular weight is 449 g/mol. The molecule has 2 aromatic carbocycles. The molecule has 29 heavy (non-hydrogen) atoms. The van der Waals surface area contributed by atoms with Gasteiger partial charge >= 0.3 is 4.87 Å². The van der Waals surface area contributed by atoms with Crippen LogP contribution in [0.25, 0.3) is 10.2 Å². The summed E-state index contributed by atoms with van der Waals surface area (Å²) in [5.74, 6) is 1.14. The summed E-state index contributed by atoms with van der Waals surface area (Å²) in [7, 11) is -3.59. The molecule has 1 aromatic heterocycles. The van der Waals surface area contributed by atoms with Crippen molar-refractivity contribution in [3.8, 4) is 0 Å². The summed E-state index contributed by atoms with van der Waals surface area (Å²) in [4.78, 5) is 12.6. The largest absolute Gasteiger partial charge is 0.308 e. The Morgan fingerprint density at radius 3 is 2.59 bits per heavy atom. The van der Waals surface area contributed by atoms with E-state index in [0.717, 1.165) is 41.7 Å². The summed E-state index contributed by atoms with van der Waals surface area (Å²) >= 11 is 7.01. The van der Waals surface area contributed by atoms with Gasteiger partial charge in [0.15, 0.2) is 0 Å². The fourth-order valence-corrected chi connectivity index (χ4v) is 7.27. The van der Waals surface area contributed by atoms with Crippen LogP contribution in [0.1, 0.15) is 31.2 Å². The molecule has 0 amide bonds. The van der Waals surface area contributed by atoms with Gasteiger partial charge in [0.1, 0.15) is 0 Å². The molecule has 0 spiro atoms. The molecular weight excluding hydrogens is 428 g/mol. The average Bonchev–Trinajstić information content (AvgIpc) is 3.37. The summed E-state index contributed by atoms with van der Waals surface area (Å²) in [6.45, 7) is 0.422. The third-order valence-corrected chi connectivity index (χ3v) is 8.93. The highest BCUT2D eigenvalue weighted by Crippen LogP contribution is 2.44. The number of nitrogens with zero attached hydrogens (tertiary/aromatic N) is 1. The molecule has 2 aliphatic rings. The minimum Gasteiger partial charge on any atom is -0.294 e. The number of sulfonamides is 1. The van der Waals surface area contributed by atoms with Crippen LogP contribution in [0.2, 0.25) is 5.02 Å². The van der Waals surface area contributed by atoms with Gasteiger partial charge in [-0.1, -0.05) is 41.5 Å². The van der Waals surface area contributed by atoms with Crippen LogP contribution in [0, 0.1) is 11.8 Å². The van der Waals surface area contributed by atoms with Crippen LogP contribution in [0.3, 0.4) is 0 Å². The Hall–Kier alpha value is -1.67. The normalized spacial score (nSPS) is 23.8. The topological polar surface area (TPSA) is 68.2 Å². The molecule has 2 aliphatic carbocycles. The predicted molar refractivity (Wildman–Crippen MR) is 116 cm³/mol. The van der Waals surface area contributed by atoms with Crippen molar-refractivity contribution in [1.82, 2.24) is 9.29 Å². The van der Waals surface area contributed by atoms with Gasteiger partial charge in [-0.3, -0.25) is 9.36 Å². The molecule has 152 valence electrons. The highest BCUT2D eigenvalue weighted by Gasteiger charge is 2.41. The van der Waals surface area contributed by atoms with Gasteiger partial charge in [0, 0.05) is 11.1 Å². The molecule has 3 atom stereocenters. The molecule has 0 saturated heterocycles. The van der Waals surface area contributed by atoms with Crippen molar-refractivity contribution in [2.45, 2.75) is 43.2 Å². The molecule has 2 fully saturated rings. The van der Waals surface area contributed by atoms with Gasteiger partial charge in [0.05, 0.1) is 21.7 Å². The molecule has 0 unspecified atom stereocenters. The maximum Gasteiger partial charge on any atom is 0.308 e. The maximum absolute atomic E-state index is 12.9. The quantitative estimate of drug-likeness (QED) is 0.635. The maximum atomic E-state index is 12.9. The zero-order chi connectivity index (χ0) is 20.2. The van der Waals surface area contributed by atoms with Crippen LogP contribution in [0.4, 0.5) is 0 Å². The molecule has 8 heteroatoms. The Balaban J connectivity index is 1.43.